The first-order chi connectivity index (χ1) is 19.3. The Morgan fingerprint density at radius 2 is 1.80 bits per heavy atom. The van der Waals surface area contributed by atoms with Crippen molar-refractivity contribution in [3.05, 3.63) is 97.9 Å². The Bertz CT molecular complexity index is 1500. The SMILES string of the molecule is CCOc1cc(/C=C2\SC(=O)N(CC(=O)N3CCc4ccccc4C3)C2=O)c(Br)cc1OCc1cccc(C)c1. The third-order valence-electron chi connectivity index (χ3n) is 6.78. The van der Waals surface area contributed by atoms with Crippen LogP contribution in [0.1, 0.15) is 34.7 Å². The fraction of sp³-hybridized carbons (Fsp3) is 0.258. The van der Waals surface area contributed by atoms with E-state index in [4.69, 9.17) is 9.47 Å². The number of carbonyl (C=O) groups is 3. The van der Waals surface area contributed by atoms with Crippen LogP contribution in [0.3, 0.4) is 0 Å². The second-order valence-electron chi connectivity index (χ2n) is 9.63. The minimum Gasteiger partial charge on any atom is -0.490 e. The van der Waals surface area contributed by atoms with Crippen LogP contribution in [0.25, 0.3) is 6.08 Å². The summed E-state index contributed by atoms with van der Waals surface area (Å²) in [5, 5.41) is -0.457. The predicted molar refractivity (Wildman–Crippen MR) is 159 cm³/mol. The summed E-state index contributed by atoms with van der Waals surface area (Å²) in [5.74, 6) is 0.372. The van der Waals surface area contributed by atoms with Gasteiger partial charge >= 0.3 is 0 Å². The first-order valence-electron chi connectivity index (χ1n) is 13.1. The summed E-state index contributed by atoms with van der Waals surface area (Å²) >= 11 is 4.40. The minimum absolute atomic E-state index is 0.243. The van der Waals surface area contributed by atoms with E-state index in [-0.39, 0.29) is 17.4 Å². The molecular formula is C31H29BrN2O5S. The van der Waals surface area contributed by atoms with Gasteiger partial charge in [0, 0.05) is 17.6 Å². The van der Waals surface area contributed by atoms with Crippen LogP contribution in [0, 0.1) is 6.92 Å². The summed E-state index contributed by atoms with van der Waals surface area (Å²) in [6, 6.07) is 19.7. The molecule has 0 bridgehead atoms. The van der Waals surface area contributed by atoms with Crippen LogP contribution < -0.4 is 9.47 Å². The summed E-state index contributed by atoms with van der Waals surface area (Å²) in [6.45, 7) is 5.49. The summed E-state index contributed by atoms with van der Waals surface area (Å²) in [5.41, 5.74) is 5.18. The van der Waals surface area contributed by atoms with Crippen LogP contribution in [-0.4, -0.2) is 46.5 Å². The number of ether oxygens (including phenoxy) is 2. The van der Waals surface area contributed by atoms with Crippen LogP contribution in [0.2, 0.25) is 0 Å². The number of halogens is 1. The monoisotopic (exact) mass is 620 g/mol. The lowest BCUT2D eigenvalue weighted by molar-refractivity contribution is -0.136. The van der Waals surface area contributed by atoms with Gasteiger partial charge in [0.15, 0.2) is 11.5 Å². The molecule has 0 N–H and O–H groups in total. The molecule has 3 aromatic rings. The van der Waals surface area contributed by atoms with Crippen LogP contribution >= 0.6 is 27.7 Å². The van der Waals surface area contributed by atoms with E-state index in [1.54, 1.807) is 23.1 Å². The zero-order valence-electron chi connectivity index (χ0n) is 22.3. The van der Waals surface area contributed by atoms with E-state index in [0.29, 0.717) is 47.8 Å². The second-order valence-corrected chi connectivity index (χ2v) is 11.5. The van der Waals surface area contributed by atoms with Crippen molar-refractivity contribution in [2.24, 2.45) is 0 Å². The second kappa shape index (κ2) is 12.3. The van der Waals surface area contributed by atoms with E-state index in [1.165, 1.54) is 5.56 Å². The average Bonchev–Trinajstić information content (AvgIpc) is 3.21. The molecule has 0 unspecified atom stereocenters. The van der Waals surface area contributed by atoms with E-state index < -0.39 is 11.1 Å². The number of benzene rings is 3. The Balaban J connectivity index is 1.30. The van der Waals surface area contributed by atoms with Crippen LogP contribution in [0.15, 0.2) is 70.0 Å². The summed E-state index contributed by atoms with van der Waals surface area (Å²) in [4.78, 5) is 41.9. The molecule has 2 aliphatic rings. The highest BCUT2D eigenvalue weighted by Crippen LogP contribution is 2.38. The number of carbonyl (C=O) groups excluding carboxylic acids is 3. The molecule has 9 heteroatoms. The van der Waals surface area contributed by atoms with Crippen molar-refractivity contribution in [2.75, 3.05) is 19.7 Å². The Hall–Kier alpha value is -3.56. The molecule has 2 heterocycles. The van der Waals surface area contributed by atoms with Crippen molar-refractivity contribution in [3.63, 3.8) is 0 Å². The van der Waals surface area contributed by atoms with Gasteiger partial charge in [-0.15, -0.1) is 0 Å². The van der Waals surface area contributed by atoms with Crippen molar-refractivity contribution < 1.29 is 23.9 Å². The average molecular weight is 622 g/mol. The van der Waals surface area contributed by atoms with Crippen LogP contribution in [0.4, 0.5) is 4.79 Å². The number of rotatable bonds is 8. The minimum atomic E-state index is -0.481. The molecule has 0 aromatic heterocycles. The number of amides is 3. The fourth-order valence-electron chi connectivity index (χ4n) is 4.73. The lowest BCUT2D eigenvalue weighted by atomic mass is 10.00. The van der Waals surface area contributed by atoms with E-state index in [0.717, 1.165) is 39.8 Å². The number of aryl methyl sites for hydroxylation is 1. The lowest BCUT2D eigenvalue weighted by Gasteiger charge is -2.29. The van der Waals surface area contributed by atoms with Crippen LogP contribution in [0.5, 0.6) is 11.5 Å². The number of hydrogen-bond donors (Lipinski definition) is 0. The number of imide groups is 1. The van der Waals surface area contributed by atoms with Crippen LogP contribution in [-0.2, 0) is 29.2 Å². The summed E-state index contributed by atoms with van der Waals surface area (Å²) in [6.07, 6.45) is 2.40. The normalized spacial score (nSPS) is 15.9. The molecular weight excluding hydrogens is 592 g/mol. The molecule has 3 amide bonds. The molecule has 7 nitrogen and oxygen atoms in total. The number of nitrogens with zero attached hydrogens (tertiary/aromatic N) is 2. The standard InChI is InChI=1S/C31H29BrN2O5S/c1-3-38-26-14-24(25(32)16-27(26)39-19-21-8-6-7-20(2)13-21)15-28-30(36)34(31(37)40-28)18-29(35)33-12-11-22-9-4-5-10-23(22)17-33/h4-10,13-16H,3,11-12,17-19H2,1-2H3/b28-15-. The third kappa shape index (κ3) is 6.26. The maximum atomic E-state index is 13.2. The van der Waals surface area contributed by atoms with Gasteiger partial charge in [-0.25, -0.2) is 0 Å². The van der Waals surface area contributed by atoms with Gasteiger partial charge in [0.2, 0.25) is 5.91 Å². The predicted octanol–water partition coefficient (Wildman–Crippen LogP) is 6.36. The Morgan fingerprint density at radius 1 is 1.02 bits per heavy atom. The maximum Gasteiger partial charge on any atom is 0.294 e. The Morgan fingerprint density at radius 3 is 2.58 bits per heavy atom. The zero-order chi connectivity index (χ0) is 28.2. The fourth-order valence-corrected chi connectivity index (χ4v) is 5.99. The smallest absolute Gasteiger partial charge is 0.294 e. The van der Waals surface area contributed by atoms with Crippen molar-refractivity contribution >= 4 is 50.8 Å². The quantitative estimate of drug-likeness (QED) is 0.273. The van der Waals surface area contributed by atoms with E-state index >= 15 is 0 Å². The molecule has 1 fully saturated rings. The molecule has 40 heavy (non-hydrogen) atoms. The molecule has 2 aliphatic heterocycles. The Labute approximate surface area is 246 Å². The summed E-state index contributed by atoms with van der Waals surface area (Å²) in [7, 11) is 0. The highest BCUT2D eigenvalue weighted by Gasteiger charge is 2.37. The van der Waals surface area contributed by atoms with Gasteiger partial charge in [0.1, 0.15) is 13.2 Å². The molecule has 0 aliphatic carbocycles. The first kappa shape index (κ1) is 28.0. The van der Waals surface area contributed by atoms with Gasteiger partial charge in [-0.05, 0) is 72.5 Å². The number of fused-ring (bicyclic) bond motifs is 1. The van der Waals surface area contributed by atoms with Crippen molar-refractivity contribution in [1.82, 2.24) is 9.80 Å². The van der Waals surface area contributed by atoms with Gasteiger partial charge in [-0.3, -0.25) is 19.3 Å². The van der Waals surface area contributed by atoms with E-state index in [2.05, 4.69) is 28.1 Å². The van der Waals surface area contributed by atoms with Crippen molar-refractivity contribution in [1.29, 1.82) is 0 Å². The summed E-state index contributed by atoms with van der Waals surface area (Å²) < 4.78 is 12.6. The third-order valence-corrected chi connectivity index (χ3v) is 8.37. The van der Waals surface area contributed by atoms with E-state index in [9.17, 15) is 14.4 Å². The molecule has 0 radical (unpaired) electrons. The van der Waals surface area contributed by atoms with Gasteiger partial charge < -0.3 is 14.4 Å². The van der Waals surface area contributed by atoms with Gasteiger partial charge in [-0.2, -0.15) is 0 Å². The molecule has 3 aromatic carbocycles. The molecule has 206 valence electrons. The van der Waals surface area contributed by atoms with E-state index in [1.807, 2.05) is 50.2 Å². The highest BCUT2D eigenvalue weighted by atomic mass is 79.9. The first-order valence-corrected chi connectivity index (χ1v) is 14.7. The van der Waals surface area contributed by atoms with Gasteiger partial charge in [0.25, 0.3) is 11.1 Å². The molecule has 0 atom stereocenters. The topological polar surface area (TPSA) is 76.2 Å². The molecule has 5 rings (SSSR count). The van der Waals surface area contributed by atoms with Gasteiger partial charge in [0.05, 0.1) is 11.5 Å². The number of hydrogen-bond acceptors (Lipinski definition) is 6. The molecule has 0 spiro atoms. The largest absolute Gasteiger partial charge is 0.490 e. The highest BCUT2D eigenvalue weighted by molar-refractivity contribution is 9.10. The lowest BCUT2D eigenvalue weighted by Crippen LogP contribution is -2.44. The number of thioether (sulfide) groups is 1. The van der Waals surface area contributed by atoms with Crippen molar-refractivity contribution in [3.8, 4) is 11.5 Å². The van der Waals surface area contributed by atoms with Gasteiger partial charge in [-0.1, -0.05) is 70.0 Å². The molecule has 0 saturated carbocycles. The Kier molecular flexibility index (Phi) is 8.61. The molecule has 1 saturated heterocycles. The van der Waals surface area contributed by atoms with Crippen molar-refractivity contribution in [2.45, 2.75) is 33.4 Å². The zero-order valence-corrected chi connectivity index (χ0v) is 24.7. The maximum absolute atomic E-state index is 13.2.